The lowest BCUT2D eigenvalue weighted by Gasteiger charge is -2.05. The standard InChI is InChI=1S/C18H37O2/c1-3-4-5-6-7-8-9-10-11-12-13-14-15-16-17-18(19)20-2/h18H,3-17H2,1-2H3. The van der Waals surface area contributed by atoms with Crippen LogP contribution in [0.15, 0.2) is 0 Å². The molecule has 0 aliphatic carbocycles. The van der Waals surface area contributed by atoms with E-state index in [1.807, 2.05) is 0 Å². The Balaban J connectivity index is 2.96. The van der Waals surface area contributed by atoms with E-state index in [4.69, 9.17) is 4.74 Å². The van der Waals surface area contributed by atoms with Crippen molar-refractivity contribution >= 4 is 0 Å². The Hall–Kier alpha value is -0.0800. The molecule has 0 aromatic carbocycles. The third kappa shape index (κ3) is 16.0. The summed E-state index contributed by atoms with van der Waals surface area (Å²) in [6, 6.07) is 0. The molecule has 0 rings (SSSR count). The van der Waals surface area contributed by atoms with Gasteiger partial charge in [-0.1, -0.05) is 90.4 Å². The van der Waals surface area contributed by atoms with E-state index < -0.39 is 6.29 Å². The van der Waals surface area contributed by atoms with Crippen LogP contribution in [0.25, 0.3) is 0 Å². The summed E-state index contributed by atoms with van der Waals surface area (Å²) in [5.74, 6) is 0. The van der Waals surface area contributed by atoms with Crippen molar-refractivity contribution in [3.8, 4) is 0 Å². The first-order valence-electron chi connectivity index (χ1n) is 9.00. The molecule has 1 radical (unpaired) electrons. The molecule has 2 nitrogen and oxygen atoms in total. The van der Waals surface area contributed by atoms with Gasteiger partial charge < -0.3 is 4.74 Å². The van der Waals surface area contributed by atoms with Crippen LogP contribution in [0.3, 0.4) is 0 Å². The van der Waals surface area contributed by atoms with Crippen LogP contribution < -0.4 is 0 Å². The smallest absolute Gasteiger partial charge is 0.190 e. The Morgan fingerprint density at radius 1 is 0.650 bits per heavy atom. The minimum Gasteiger partial charge on any atom is -0.353 e. The third-order valence-electron chi connectivity index (χ3n) is 4.06. The summed E-state index contributed by atoms with van der Waals surface area (Å²) in [4.78, 5) is 0. The van der Waals surface area contributed by atoms with Gasteiger partial charge in [-0.15, -0.1) is 0 Å². The van der Waals surface area contributed by atoms with Gasteiger partial charge in [-0.25, -0.2) is 5.11 Å². The fraction of sp³-hybridized carbons (Fsp3) is 1.00. The number of hydrogen-bond donors (Lipinski definition) is 0. The van der Waals surface area contributed by atoms with Crippen molar-refractivity contribution in [2.75, 3.05) is 7.11 Å². The van der Waals surface area contributed by atoms with Gasteiger partial charge in [0.25, 0.3) is 0 Å². The average molecular weight is 285 g/mol. The number of rotatable bonds is 16. The molecular formula is C18H37O2. The van der Waals surface area contributed by atoms with Crippen LogP contribution in [0, 0.1) is 0 Å². The van der Waals surface area contributed by atoms with Crippen molar-refractivity contribution in [2.24, 2.45) is 0 Å². The van der Waals surface area contributed by atoms with Gasteiger partial charge in [0.05, 0.1) is 0 Å². The summed E-state index contributed by atoms with van der Waals surface area (Å²) in [5, 5.41) is 11.0. The van der Waals surface area contributed by atoms with Gasteiger partial charge in [0.15, 0.2) is 6.29 Å². The first-order chi connectivity index (χ1) is 9.81. The number of ether oxygens (including phenoxy) is 1. The van der Waals surface area contributed by atoms with E-state index in [9.17, 15) is 5.11 Å². The summed E-state index contributed by atoms with van der Waals surface area (Å²) in [6.45, 7) is 2.27. The lowest BCUT2D eigenvalue weighted by Crippen LogP contribution is -2.05. The highest BCUT2D eigenvalue weighted by Gasteiger charge is 2.01. The van der Waals surface area contributed by atoms with Gasteiger partial charge >= 0.3 is 0 Å². The molecule has 20 heavy (non-hydrogen) atoms. The van der Waals surface area contributed by atoms with E-state index in [1.165, 1.54) is 90.6 Å². The Morgan fingerprint density at radius 2 is 1.00 bits per heavy atom. The van der Waals surface area contributed by atoms with Crippen molar-refractivity contribution in [1.82, 2.24) is 0 Å². The zero-order chi connectivity index (χ0) is 14.9. The molecule has 0 bridgehead atoms. The third-order valence-corrected chi connectivity index (χ3v) is 4.06. The van der Waals surface area contributed by atoms with Crippen LogP contribution in [0.2, 0.25) is 0 Å². The second-order valence-corrected chi connectivity index (χ2v) is 6.05. The summed E-state index contributed by atoms with van der Waals surface area (Å²) >= 11 is 0. The van der Waals surface area contributed by atoms with Crippen LogP contribution in [-0.4, -0.2) is 13.4 Å². The molecular weight excluding hydrogens is 248 g/mol. The highest BCUT2D eigenvalue weighted by Crippen LogP contribution is 2.13. The molecule has 0 aromatic heterocycles. The van der Waals surface area contributed by atoms with E-state index in [0.717, 1.165) is 6.42 Å². The predicted octanol–water partition coefficient (Wildman–Crippen LogP) is 6.26. The molecule has 0 saturated carbocycles. The van der Waals surface area contributed by atoms with Gasteiger partial charge in [0.2, 0.25) is 0 Å². The highest BCUT2D eigenvalue weighted by atomic mass is 16.6. The molecule has 0 fully saturated rings. The predicted molar refractivity (Wildman–Crippen MR) is 86.4 cm³/mol. The average Bonchev–Trinajstić information content (AvgIpc) is 2.47. The largest absolute Gasteiger partial charge is 0.353 e. The van der Waals surface area contributed by atoms with E-state index >= 15 is 0 Å². The minimum absolute atomic E-state index is 0.675. The molecule has 0 N–H and O–H groups in total. The molecule has 1 unspecified atom stereocenters. The van der Waals surface area contributed by atoms with Crippen LogP contribution in [0.1, 0.15) is 103 Å². The number of methoxy groups -OCH3 is 1. The zero-order valence-electron chi connectivity index (χ0n) is 14.0. The zero-order valence-corrected chi connectivity index (χ0v) is 14.0. The quantitative estimate of drug-likeness (QED) is 0.243. The van der Waals surface area contributed by atoms with Crippen molar-refractivity contribution in [1.29, 1.82) is 0 Å². The maximum absolute atomic E-state index is 11.0. The summed E-state index contributed by atoms with van der Waals surface area (Å²) < 4.78 is 4.71. The maximum Gasteiger partial charge on any atom is 0.190 e. The van der Waals surface area contributed by atoms with Crippen LogP contribution in [0.4, 0.5) is 0 Å². The fourth-order valence-corrected chi connectivity index (χ4v) is 2.62. The van der Waals surface area contributed by atoms with E-state index in [1.54, 1.807) is 0 Å². The van der Waals surface area contributed by atoms with E-state index in [-0.39, 0.29) is 0 Å². The number of unbranched alkanes of at least 4 members (excludes halogenated alkanes) is 13. The van der Waals surface area contributed by atoms with Crippen LogP contribution >= 0.6 is 0 Å². The lowest BCUT2D eigenvalue weighted by atomic mass is 10.0. The molecule has 2 heteroatoms. The van der Waals surface area contributed by atoms with Crippen LogP contribution in [0.5, 0.6) is 0 Å². The molecule has 121 valence electrons. The topological polar surface area (TPSA) is 29.1 Å². The highest BCUT2D eigenvalue weighted by molar-refractivity contribution is 4.50. The molecule has 0 aliphatic rings. The lowest BCUT2D eigenvalue weighted by molar-refractivity contribution is -0.123. The van der Waals surface area contributed by atoms with Gasteiger partial charge in [0.1, 0.15) is 0 Å². The van der Waals surface area contributed by atoms with Gasteiger partial charge in [0, 0.05) is 13.5 Å². The summed E-state index contributed by atoms with van der Waals surface area (Å²) in [7, 11) is 1.50. The first-order valence-corrected chi connectivity index (χ1v) is 9.00. The molecule has 0 saturated heterocycles. The van der Waals surface area contributed by atoms with Crippen molar-refractivity contribution < 1.29 is 9.84 Å². The minimum atomic E-state index is -0.799. The normalized spacial score (nSPS) is 12.8. The monoisotopic (exact) mass is 285 g/mol. The summed E-state index contributed by atoms with van der Waals surface area (Å²) in [5.41, 5.74) is 0. The second-order valence-electron chi connectivity index (χ2n) is 6.05. The van der Waals surface area contributed by atoms with Gasteiger partial charge in [-0.2, -0.15) is 0 Å². The Labute approximate surface area is 127 Å². The van der Waals surface area contributed by atoms with E-state index in [0.29, 0.717) is 6.42 Å². The molecule has 0 amide bonds. The Morgan fingerprint density at radius 3 is 1.35 bits per heavy atom. The molecule has 1 atom stereocenters. The molecule has 0 spiro atoms. The SMILES string of the molecule is CCCCCCCCCCCCCCCCC([O])OC. The maximum atomic E-state index is 11.0. The first kappa shape index (κ1) is 19.9. The van der Waals surface area contributed by atoms with Gasteiger partial charge in [-0.3, -0.25) is 0 Å². The number of hydrogen-bond acceptors (Lipinski definition) is 1. The van der Waals surface area contributed by atoms with E-state index in [2.05, 4.69) is 6.92 Å². The van der Waals surface area contributed by atoms with Gasteiger partial charge in [-0.05, 0) is 6.42 Å². The Kier molecular flexibility index (Phi) is 16.9. The van der Waals surface area contributed by atoms with Crippen LogP contribution in [-0.2, 0) is 9.84 Å². The molecule has 0 aromatic rings. The Bertz CT molecular complexity index is 171. The fourth-order valence-electron chi connectivity index (χ4n) is 2.62. The van der Waals surface area contributed by atoms with Crippen molar-refractivity contribution in [3.05, 3.63) is 0 Å². The second kappa shape index (κ2) is 17.0. The molecule has 0 aliphatic heterocycles. The summed E-state index contributed by atoms with van der Waals surface area (Å²) in [6.07, 6.45) is 18.9. The van der Waals surface area contributed by atoms with Crippen molar-refractivity contribution in [3.63, 3.8) is 0 Å². The van der Waals surface area contributed by atoms with Crippen molar-refractivity contribution in [2.45, 2.75) is 110 Å². The molecule has 0 heterocycles.